The summed E-state index contributed by atoms with van der Waals surface area (Å²) in [6, 6.07) is -1.95. The van der Waals surface area contributed by atoms with Crippen LogP contribution in [0.4, 0.5) is 0 Å². The summed E-state index contributed by atoms with van der Waals surface area (Å²) in [6.07, 6.45) is -0.771. The number of carbonyl (C=O) groups is 4. The van der Waals surface area contributed by atoms with Gasteiger partial charge in [-0.05, 0) is 13.1 Å². The van der Waals surface area contributed by atoms with E-state index in [0.29, 0.717) is 13.1 Å². The van der Waals surface area contributed by atoms with E-state index in [-0.39, 0.29) is 12.8 Å². The zero-order chi connectivity index (χ0) is 17.7. The lowest BCUT2D eigenvalue weighted by Gasteiger charge is -2.08. The lowest BCUT2D eigenvalue weighted by molar-refractivity contribution is -0.145. The Kier molecular flexibility index (Phi) is 12.6. The molecule has 0 aliphatic carbocycles. The highest BCUT2D eigenvalue weighted by molar-refractivity contribution is 5.81. The van der Waals surface area contributed by atoms with E-state index in [2.05, 4.69) is 10.6 Å². The second-order valence-corrected chi connectivity index (χ2v) is 4.09. The molecule has 0 radical (unpaired) electrons. The van der Waals surface area contributed by atoms with Crippen molar-refractivity contribution >= 4 is 23.9 Å². The molecule has 0 spiro atoms. The van der Waals surface area contributed by atoms with Gasteiger partial charge in [0.15, 0.2) is 0 Å². The Morgan fingerprint density at radius 3 is 1.14 bits per heavy atom. The van der Waals surface area contributed by atoms with Gasteiger partial charge < -0.3 is 31.1 Å². The van der Waals surface area contributed by atoms with Crippen molar-refractivity contribution in [2.75, 3.05) is 13.1 Å². The number of hydrogen-bond donors (Lipinski definition) is 6. The lowest BCUT2D eigenvalue weighted by Crippen LogP contribution is -2.38. The maximum absolute atomic E-state index is 10.3. The van der Waals surface area contributed by atoms with Gasteiger partial charge in [-0.3, -0.25) is 19.2 Å². The largest absolute Gasteiger partial charge is 0.481 e. The third kappa shape index (κ3) is 12.8. The topological polar surface area (TPSA) is 173 Å². The van der Waals surface area contributed by atoms with Crippen LogP contribution in [0.1, 0.15) is 26.7 Å². The van der Waals surface area contributed by atoms with E-state index in [4.69, 9.17) is 20.4 Å². The number of nitrogens with one attached hydrogen (secondary N) is 2. The van der Waals surface area contributed by atoms with Crippen molar-refractivity contribution in [3.63, 3.8) is 0 Å². The summed E-state index contributed by atoms with van der Waals surface area (Å²) in [5.74, 6) is -4.49. The average molecular weight is 322 g/mol. The van der Waals surface area contributed by atoms with E-state index in [9.17, 15) is 19.2 Å². The molecule has 0 saturated carbocycles. The van der Waals surface area contributed by atoms with Crippen molar-refractivity contribution in [1.82, 2.24) is 10.6 Å². The molecule has 0 unspecified atom stereocenters. The summed E-state index contributed by atoms with van der Waals surface area (Å²) in [7, 11) is 0. The second-order valence-electron chi connectivity index (χ2n) is 4.09. The van der Waals surface area contributed by atoms with Crippen LogP contribution in [-0.2, 0) is 19.2 Å². The number of likely N-dealkylation sites (N-methyl/N-ethyl adjacent to an activating group) is 2. The first-order valence-electron chi connectivity index (χ1n) is 6.51. The monoisotopic (exact) mass is 322 g/mol. The van der Waals surface area contributed by atoms with Crippen molar-refractivity contribution in [3.05, 3.63) is 0 Å². The third-order valence-corrected chi connectivity index (χ3v) is 2.25. The Balaban J connectivity index is 0. The molecule has 2 atom stereocenters. The molecule has 22 heavy (non-hydrogen) atoms. The van der Waals surface area contributed by atoms with E-state index < -0.39 is 36.0 Å². The fraction of sp³-hybridized carbons (Fsp3) is 0.667. The molecule has 0 aliphatic rings. The van der Waals surface area contributed by atoms with Crippen molar-refractivity contribution in [2.24, 2.45) is 0 Å². The minimum Gasteiger partial charge on any atom is -0.481 e. The van der Waals surface area contributed by atoms with Gasteiger partial charge >= 0.3 is 23.9 Å². The summed E-state index contributed by atoms with van der Waals surface area (Å²) < 4.78 is 0. The summed E-state index contributed by atoms with van der Waals surface area (Å²) in [5.41, 5.74) is 0. The number of hydrogen-bond acceptors (Lipinski definition) is 6. The first-order chi connectivity index (χ1) is 10.1. The predicted octanol–water partition coefficient (Wildman–Crippen LogP) is -0.952. The van der Waals surface area contributed by atoms with Crippen LogP contribution in [0.3, 0.4) is 0 Å². The van der Waals surface area contributed by atoms with Gasteiger partial charge in [0.2, 0.25) is 0 Å². The molecular weight excluding hydrogens is 300 g/mol. The Morgan fingerprint density at radius 1 is 0.727 bits per heavy atom. The highest BCUT2D eigenvalue weighted by Gasteiger charge is 2.19. The quantitative estimate of drug-likeness (QED) is 0.294. The Labute approximate surface area is 127 Å². The molecule has 0 aromatic carbocycles. The molecule has 0 saturated heterocycles. The fourth-order valence-corrected chi connectivity index (χ4v) is 1.34. The highest BCUT2D eigenvalue weighted by atomic mass is 16.4. The molecule has 6 N–H and O–H groups in total. The SMILES string of the molecule is CCN[C@H](CC(=O)O)C(=O)O.CCN[C@H](CC(=O)O)C(=O)O. The van der Waals surface area contributed by atoms with E-state index in [1.54, 1.807) is 13.8 Å². The molecule has 0 aromatic rings. The van der Waals surface area contributed by atoms with Crippen molar-refractivity contribution in [3.8, 4) is 0 Å². The summed E-state index contributed by atoms with van der Waals surface area (Å²) >= 11 is 0. The molecule has 0 bridgehead atoms. The van der Waals surface area contributed by atoms with Gasteiger partial charge in [-0.2, -0.15) is 0 Å². The zero-order valence-corrected chi connectivity index (χ0v) is 12.4. The minimum absolute atomic E-state index is 0.386. The maximum Gasteiger partial charge on any atom is 0.321 e. The molecule has 0 amide bonds. The highest BCUT2D eigenvalue weighted by Crippen LogP contribution is 1.92. The van der Waals surface area contributed by atoms with Crippen LogP contribution in [0.15, 0.2) is 0 Å². The molecule has 10 nitrogen and oxygen atoms in total. The first-order valence-corrected chi connectivity index (χ1v) is 6.51. The van der Waals surface area contributed by atoms with Gasteiger partial charge in [-0.15, -0.1) is 0 Å². The number of aliphatic carboxylic acids is 4. The Bertz CT molecular complexity index is 349. The summed E-state index contributed by atoms with van der Waals surface area (Å²) in [4.78, 5) is 40.8. The summed E-state index contributed by atoms with van der Waals surface area (Å²) in [5, 5.41) is 38.4. The first kappa shape index (κ1) is 22.1. The van der Waals surface area contributed by atoms with E-state index in [0.717, 1.165) is 0 Å². The minimum atomic E-state index is -1.13. The number of rotatable bonds is 10. The fourth-order valence-electron chi connectivity index (χ4n) is 1.34. The van der Waals surface area contributed by atoms with Crippen LogP contribution >= 0.6 is 0 Å². The predicted molar refractivity (Wildman–Crippen MR) is 74.7 cm³/mol. The molecule has 0 aliphatic heterocycles. The van der Waals surface area contributed by atoms with Gasteiger partial charge in [0, 0.05) is 0 Å². The van der Waals surface area contributed by atoms with Crippen LogP contribution in [-0.4, -0.2) is 69.5 Å². The molecular formula is C12H22N2O8. The molecule has 0 aromatic heterocycles. The van der Waals surface area contributed by atoms with Crippen LogP contribution < -0.4 is 10.6 Å². The van der Waals surface area contributed by atoms with Crippen LogP contribution in [0.5, 0.6) is 0 Å². The smallest absolute Gasteiger partial charge is 0.321 e. The van der Waals surface area contributed by atoms with E-state index >= 15 is 0 Å². The van der Waals surface area contributed by atoms with E-state index in [1.165, 1.54) is 0 Å². The van der Waals surface area contributed by atoms with Crippen molar-refractivity contribution in [2.45, 2.75) is 38.8 Å². The van der Waals surface area contributed by atoms with Gasteiger partial charge in [0.25, 0.3) is 0 Å². The zero-order valence-electron chi connectivity index (χ0n) is 12.4. The van der Waals surface area contributed by atoms with Crippen molar-refractivity contribution in [1.29, 1.82) is 0 Å². The van der Waals surface area contributed by atoms with Gasteiger partial charge in [0.1, 0.15) is 12.1 Å². The second kappa shape index (κ2) is 12.5. The van der Waals surface area contributed by atoms with Crippen LogP contribution in [0.25, 0.3) is 0 Å². The van der Waals surface area contributed by atoms with Crippen LogP contribution in [0.2, 0.25) is 0 Å². The number of carboxylic acid groups (broad SMARTS) is 4. The third-order valence-electron chi connectivity index (χ3n) is 2.25. The molecule has 0 rings (SSSR count). The molecule has 10 heteroatoms. The molecule has 128 valence electrons. The maximum atomic E-state index is 10.3. The normalized spacial score (nSPS) is 12.5. The van der Waals surface area contributed by atoms with E-state index in [1.807, 2.05) is 0 Å². The van der Waals surface area contributed by atoms with Crippen molar-refractivity contribution < 1.29 is 39.6 Å². The Hall–Kier alpha value is -2.20. The number of carboxylic acids is 4. The Morgan fingerprint density at radius 2 is 1.00 bits per heavy atom. The van der Waals surface area contributed by atoms with Gasteiger partial charge in [0.05, 0.1) is 12.8 Å². The standard InChI is InChI=1S/2C6H11NO4/c2*1-2-7-4(6(10)11)3-5(8)9/h2*4,7H,2-3H2,1H3,(H,8,9)(H,10,11)/t2*4-/m11/s1. The average Bonchev–Trinajstić information content (AvgIpc) is 2.37. The molecule has 0 heterocycles. The molecule has 0 fully saturated rings. The summed E-state index contributed by atoms with van der Waals surface area (Å²) in [6.45, 7) is 4.34. The lowest BCUT2D eigenvalue weighted by atomic mass is 10.2. The van der Waals surface area contributed by atoms with Gasteiger partial charge in [-0.1, -0.05) is 13.8 Å². The van der Waals surface area contributed by atoms with Crippen LogP contribution in [0, 0.1) is 0 Å². The van der Waals surface area contributed by atoms with Gasteiger partial charge in [-0.25, -0.2) is 0 Å².